The number of nitrogens with zero attached hydrogens (tertiary/aromatic N) is 4. The van der Waals surface area contributed by atoms with Gasteiger partial charge in [0.25, 0.3) is 0 Å². The highest BCUT2D eigenvalue weighted by Gasteiger charge is 2.21. The molecule has 0 bridgehead atoms. The summed E-state index contributed by atoms with van der Waals surface area (Å²) in [5, 5.41) is 0. The van der Waals surface area contributed by atoms with Crippen molar-refractivity contribution in [1.29, 1.82) is 0 Å². The third kappa shape index (κ3) is 4.30. The average molecular weight is 374 g/mol. The number of pyridine rings is 1. The minimum Gasteiger partial charge on any atom is -0.497 e. The van der Waals surface area contributed by atoms with E-state index in [0.717, 1.165) is 48.2 Å². The van der Waals surface area contributed by atoms with Crippen LogP contribution in [0.2, 0.25) is 0 Å². The normalized spacial score (nSPS) is 14.9. The summed E-state index contributed by atoms with van der Waals surface area (Å²) in [5.74, 6) is 3.41. The summed E-state index contributed by atoms with van der Waals surface area (Å²) in [7, 11) is 1.72. The molecule has 1 fully saturated rings. The Balaban J connectivity index is 1.43. The molecule has 0 aliphatic carbocycles. The molecule has 1 aliphatic heterocycles. The monoisotopic (exact) mass is 374 g/mol. The van der Waals surface area contributed by atoms with Crippen LogP contribution in [0.4, 0.5) is 5.82 Å². The Labute approximate surface area is 166 Å². The molecule has 5 heteroatoms. The van der Waals surface area contributed by atoms with E-state index in [2.05, 4.69) is 39.1 Å². The smallest absolute Gasteiger partial charge is 0.163 e. The standard InChI is InChI=1S/C23H26N4O/c1-17-13-22(26-23(25-17)20-6-4-10-24-16-20)27-11-8-18(9-12-27)14-19-5-3-7-21(15-19)28-2/h3-7,10,13,15-16,18H,8-9,11-12,14H2,1-2H3. The van der Waals surface area contributed by atoms with Gasteiger partial charge in [0, 0.05) is 42.8 Å². The number of hydrogen-bond acceptors (Lipinski definition) is 5. The van der Waals surface area contributed by atoms with Gasteiger partial charge in [0.2, 0.25) is 0 Å². The van der Waals surface area contributed by atoms with E-state index in [0.29, 0.717) is 5.92 Å². The van der Waals surface area contributed by atoms with Crippen molar-refractivity contribution >= 4 is 5.82 Å². The van der Waals surface area contributed by atoms with Gasteiger partial charge in [-0.1, -0.05) is 12.1 Å². The van der Waals surface area contributed by atoms with E-state index < -0.39 is 0 Å². The van der Waals surface area contributed by atoms with Gasteiger partial charge in [-0.3, -0.25) is 4.98 Å². The van der Waals surface area contributed by atoms with Crippen molar-refractivity contribution < 1.29 is 4.74 Å². The van der Waals surface area contributed by atoms with E-state index in [1.807, 2.05) is 31.3 Å². The number of hydrogen-bond donors (Lipinski definition) is 0. The molecule has 0 unspecified atom stereocenters. The minimum absolute atomic E-state index is 0.698. The highest BCUT2D eigenvalue weighted by Crippen LogP contribution is 2.27. The Bertz CT molecular complexity index is 921. The number of methoxy groups -OCH3 is 1. The first-order valence-corrected chi connectivity index (χ1v) is 9.85. The Morgan fingerprint density at radius 1 is 1.07 bits per heavy atom. The molecule has 0 amide bonds. The molecule has 1 aromatic carbocycles. The number of piperidine rings is 1. The maximum absolute atomic E-state index is 5.35. The van der Waals surface area contributed by atoms with Gasteiger partial charge in [0.05, 0.1) is 7.11 Å². The fraction of sp³-hybridized carbons (Fsp3) is 0.348. The average Bonchev–Trinajstić information content (AvgIpc) is 2.74. The number of aryl methyl sites for hydroxylation is 1. The minimum atomic E-state index is 0.698. The first-order valence-electron chi connectivity index (χ1n) is 9.85. The maximum Gasteiger partial charge on any atom is 0.163 e. The van der Waals surface area contributed by atoms with Gasteiger partial charge in [-0.2, -0.15) is 0 Å². The molecule has 3 aromatic rings. The second-order valence-electron chi connectivity index (χ2n) is 7.42. The van der Waals surface area contributed by atoms with Crippen LogP contribution in [0.25, 0.3) is 11.4 Å². The van der Waals surface area contributed by atoms with E-state index in [9.17, 15) is 0 Å². The van der Waals surface area contributed by atoms with Gasteiger partial charge < -0.3 is 9.64 Å². The van der Waals surface area contributed by atoms with Gasteiger partial charge in [-0.05, 0) is 61.9 Å². The molecule has 5 nitrogen and oxygen atoms in total. The summed E-state index contributed by atoms with van der Waals surface area (Å²) in [5.41, 5.74) is 3.30. The number of aromatic nitrogens is 3. The van der Waals surface area contributed by atoms with Crippen molar-refractivity contribution in [3.05, 3.63) is 66.1 Å². The topological polar surface area (TPSA) is 51.1 Å². The van der Waals surface area contributed by atoms with E-state index in [-0.39, 0.29) is 0 Å². The predicted molar refractivity (Wildman–Crippen MR) is 112 cm³/mol. The van der Waals surface area contributed by atoms with Crippen molar-refractivity contribution in [3.63, 3.8) is 0 Å². The lowest BCUT2D eigenvalue weighted by Gasteiger charge is -2.33. The molecule has 0 N–H and O–H groups in total. The molecule has 1 saturated heterocycles. The Hall–Kier alpha value is -2.95. The molecule has 4 rings (SSSR count). The van der Waals surface area contributed by atoms with Crippen LogP contribution in [0.15, 0.2) is 54.9 Å². The molecule has 0 radical (unpaired) electrons. The first kappa shape index (κ1) is 18.4. The molecular formula is C23H26N4O. The number of rotatable bonds is 5. The predicted octanol–water partition coefficient (Wildman–Crippen LogP) is 4.31. The molecule has 0 saturated carbocycles. The molecule has 2 aromatic heterocycles. The van der Waals surface area contributed by atoms with E-state index >= 15 is 0 Å². The summed E-state index contributed by atoms with van der Waals surface area (Å²) in [4.78, 5) is 16.0. The quantitative estimate of drug-likeness (QED) is 0.666. The van der Waals surface area contributed by atoms with Crippen molar-refractivity contribution in [2.24, 2.45) is 5.92 Å². The summed E-state index contributed by atoms with van der Waals surface area (Å²) in [6, 6.07) is 14.4. The Morgan fingerprint density at radius 2 is 1.93 bits per heavy atom. The summed E-state index contributed by atoms with van der Waals surface area (Å²) >= 11 is 0. The first-order chi connectivity index (χ1) is 13.7. The van der Waals surface area contributed by atoms with Crippen LogP contribution < -0.4 is 9.64 Å². The second-order valence-corrected chi connectivity index (χ2v) is 7.42. The third-order valence-corrected chi connectivity index (χ3v) is 5.36. The number of anilines is 1. The van der Waals surface area contributed by atoms with Crippen molar-refractivity contribution in [2.75, 3.05) is 25.1 Å². The van der Waals surface area contributed by atoms with E-state index in [1.165, 1.54) is 18.4 Å². The van der Waals surface area contributed by atoms with Crippen molar-refractivity contribution in [1.82, 2.24) is 15.0 Å². The van der Waals surface area contributed by atoms with Crippen LogP contribution in [0, 0.1) is 12.8 Å². The second kappa shape index (κ2) is 8.38. The highest BCUT2D eigenvalue weighted by molar-refractivity contribution is 5.56. The molecule has 0 spiro atoms. The molecule has 0 atom stereocenters. The van der Waals surface area contributed by atoms with Crippen LogP contribution in [-0.4, -0.2) is 35.2 Å². The van der Waals surface area contributed by atoms with Crippen molar-refractivity contribution in [2.45, 2.75) is 26.2 Å². The Kier molecular flexibility index (Phi) is 5.51. The zero-order valence-corrected chi connectivity index (χ0v) is 16.5. The molecule has 144 valence electrons. The molecule has 3 heterocycles. The summed E-state index contributed by atoms with van der Waals surface area (Å²) < 4.78 is 5.35. The summed E-state index contributed by atoms with van der Waals surface area (Å²) in [6.07, 6.45) is 7.03. The number of ether oxygens (including phenoxy) is 1. The van der Waals surface area contributed by atoms with Crippen LogP contribution in [0.3, 0.4) is 0 Å². The fourth-order valence-electron chi connectivity index (χ4n) is 3.84. The lowest BCUT2D eigenvalue weighted by molar-refractivity contribution is 0.397. The SMILES string of the molecule is COc1cccc(CC2CCN(c3cc(C)nc(-c4cccnc4)n3)CC2)c1. The van der Waals surface area contributed by atoms with Gasteiger partial charge in [0.15, 0.2) is 5.82 Å². The van der Waals surface area contributed by atoms with Crippen LogP contribution >= 0.6 is 0 Å². The number of benzene rings is 1. The molecule has 1 aliphatic rings. The molecular weight excluding hydrogens is 348 g/mol. The van der Waals surface area contributed by atoms with Gasteiger partial charge in [-0.25, -0.2) is 9.97 Å². The van der Waals surface area contributed by atoms with E-state index in [4.69, 9.17) is 9.72 Å². The maximum atomic E-state index is 5.35. The zero-order valence-electron chi connectivity index (χ0n) is 16.5. The van der Waals surface area contributed by atoms with Crippen LogP contribution in [0.1, 0.15) is 24.1 Å². The summed E-state index contributed by atoms with van der Waals surface area (Å²) in [6.45, 7) is 4.08. The van der Waals surface area contributed by atoms with Crippen molar-refractivity contribution in [3.8, 4) is 17.1 Å². The molecule has 28 heavy (non-hydrogen) atoms. The van der Waals surface area contributed by atoms with Crippen LogP contribution in [-0.2, 0) is 6.42 Å². The lowest BCUT2D eigenvalue weighted by Crippen LogP contribution is -2.35. The van der Waals surface area contributed by atoms with E-state index in [1.54, 1.807) is 13.3 Å². The lowest BCUT2D eigenvalue weighted by atomic mass is 9.90. The van der Waals surface area contributed by atoms with Gasteiger partial charge in [-0.15, -0.1) is 0 Å². The largest absolute Gasteiger partial charge is 0.497 e. The third-order valence-electron chi connectivity index (χ3n) is 5.36. The van der Waals surface area contributed by atoms with Crippen LogP contribution in [0.5, 0.6) is 5.75 Å². The highest BCUT2D eigenvalue weighted by atomic mass is 16.5. The zero-order chi connectivity index (χ0) is 19.3. The van der Waals surface area contributed by atoms with Gasteiger partial charge in [0.1, 0.15) is 11.6 Å². The van der Waals surface area contributed by atoms with Gasteiger partial charge >= 0.3 is 0 Å². The fourth-order valence-corrected chi connectivity index (χ4v) is 3.84. The Morgan fingerprint density at radius 3 is 2.68 bits per heavy atom.